The van der Waals surface area contributed by atoms with Gasteiger partial charge >= 0.3 is 0 Å². The summed E-state index contributed by atoms with van der Waals surface area (Å²) in [6, 6.07) is 8.41. The summed E-state index contributed by atoms with van der Waals surface area (Å²) in [6.45, 7) is 0.535. The Balaban J connectivity index is 1.71. The van der Waals surface area contributed by atoms with Crippen molar-refractivity contribution in [3.8, 4) is 11.3 Å². The van der Waals surface area contributed by atoms with Gasteiger partial charge in [-0.3, -0.25) is 10.1 Å². The first-order chi connectivity index (χ1) is 10.2. The van der Waals surface area contributed by atoms with Crippen molar-refractivity contribution in [1.29, 1.82) is 0 Å². The highest BCUT2D eigenvalue weighted by molar-refractivity contribution is 5.94. The van der Waals surface area contributed by atoms with E-state index in [1.165, 1.54) is 25.0 Å². The lowest BCUT2D eigenvalue weighted by molar-refractivity contribution is 0.0900. The van der Waals surface area contributed by atoms with E-state index in [9.17, 15) is 9.18 Å². The fourth-order valence-corrected chi connectivity index (χ4v) is 2.58. The molecule has 0 bridgehead atoms. The van der Waals surface area contributed by atoms with Gasteiger partial charge in [-0.05, 0) is 43.2 Å². The molecule has 1 fully saturated rings. The fraction of sp³-hybridized carbons (Fsp3) is 0.333. The van der Waals surface area contributed by atoms with Gasteiger partial charge in [0.1, 0.15) is 17.7 Å². The monoisotopic (exact) mass is 286 g/mol. The second kappa shape index (κ2) is 4.66. The first-order valence-electron chi connectivity index (χ1n) is 7.10. The van der Waals surface area contributed by atoms with Crippen molar-refractivity contribution in [1.82, 2.24) is 20.4 Å². The zero-order chi connectivity index (χ0) is 14.4. The highest BCUT2D eigenvalue weighted by atomic mass is 19.1. The van der Waals surface area contributed by atoms with Crippen molar-refractivity contribution in [2.75, 3.05) is 6.54 Å². The quantitative estimate of drug-likeness (QED) is 0.902. The van der Waals surface area contributed by atoms with E-state index in [1.807, 2.05) is 0 Å². The van der Waals surface area contributed by atoms with Crippen LogP contribution in [0.3, 0.4) is 0 Å². The summed E-state index contributed by atoms with van der Waals surface area (Å²) >= 11 is 0. The fourth-order valence-electron chi connectivity index (χ4n) is 2.58. The van der Waals surface area contributed by atoms with Crippen LogP contribution in [-0.4, -0.2) is 28.3 Å². The molecule has 4 rings (SSSR count). The summed E-state index contributed by atoms with van der Waals surface area (Å²) in [6.07, 6.45) is 2.33. The standard InChI is InChI=1S/C15H15FN4O/c16-10-3-1-9(2-4-10)12-7-13-15(21)17-8-14(20(13)19-12)18-11-5-6-11/h1-4,7,11,14,18H,5-6,8H2,(H,17,21)/t14-/m1/s1. The Morgan fingerprint density at radius 3 is 2.76 bits per heavy atom. The van der Waals surface area contributed by atoms with Crippen LogP contribution in [0.4, 0.5) is 4.39 Å². The number of benzene rings is 1. The molecule has 5 nitrogen and oxygen atoms in total. The summed E-state index contributed by atoms with van der Waals surface area (Å²) in [5.74, 6) is -0.404. The molecule has 0 spiro atoms. The van der Waals surface area contributed by atoms with Crippen LogP contribution < -0.4 is 10.6 Å². The molecule has 6 heteroatoms. The second-order valence-corrected chi connectivity index (χ2v) is 5.53. The number of carbonyl (C=O) groups is 1. The van der Waals surface area contributed by atoms with Crippen molar-refractivity contribution in [2.45, 2.75) is 25.0 Å². The number of nitrogens with one attached hydrogen (secondary N) is 2. The van der Waals surface area contributed by atoms with E-state index in [0.717, 1.165) is 5.56 Å². The minimum absolute atomic E-state index is 0.0144. The average molecular weight is 286 g/mol. The van der Waals surface area contributed by atoms with Crippen molar-refractivity contribution in [2.24, 2.45) is 0 Å². The topological polar surface area (TPSA) is 59.0 Å². The second-order valence-electron chi connectivity index (χ2n) is 5.53. The summed E-state index contributed by atoms with van der Waals surface area (Å²) in [5, 5.41) is 10.9. The number of hydrogen-bond donors (Lipinski definition) is 2. The Morgan fingerprint density at radius 1 is 1.29 bits per heavy atom. The number of carbonyl (C=O) groups excluding carboxylic acids is 1. The summed E-state index contributed by atoms with van der Waals surface area (Å²) in [7, 11) is 0. The maximum atomic E-state index is 13.0. The normalized spacial score (nSPS) is 21.0. The number of halogens is 1. The molecule has 1 aromatic heterocycles. The lowest BCUT2D eigenvalue weighted by Crippen LogP contribution is -2.45. The van der Waals surface area contributed by atoms with Crippen LogP contribution in [0, 0.1) is 5.82 Å². The van der Waals surface area contributed by atoms with Gasteiger partial charge in [0.25, 0.3) is 5.91 Å². The molecule has 0 saturated heterocycles. The number of nitrogens with zero attached hydrogens (tertiary/aromatic N) is 2. The zero-order valence-corrected chi connectivity index (χ0v) is 11.3. The maximum absolute atomic E-state index is 13.0. The lowest BCUT2D eigenvalue weighted by Gasteiger charge is -2.25. The van der Waals surface area contributed by atoms with Crippen molar-refractivity contribution < 1.29 is 9.18 Å². The van der Waals surface area contributed by atoms with E-state index in [0.29, 0.717) is 24.0 Å². The smallest absolute Gasteiger partial charge is 0.269 e. The summed E-state index contributed by atoms with van der Waals surface area (Å²) in [4.78, 5) is 12.0. The molecule has 1 aliphatic carbocycles. The van der Waals surface area contributed by atoms with E-state index >= 15 is 0 Å². The lowest BCUT2D eigenvalue weighted by atomic mass is 10.1. The molecule has 1 amide bonds. The average Bonchev–Trinajstić information content (AvgIpc) is 3.18. The number of rotatable bonds is 3. The van der Waals surface area contributed by atoms with Gasteiger partial charge < -0.3 is 5.32 Å². The first-order valence-corrected chi connectivity index (χ1v) is 7.10. The molecule has 2 aliphatic rings. The van der Waals surface area contributed by atoms with Gasteiger partial charge in [-0.2, -0.15) is 5.10 Å². The molecule has 1 aromatic carbocycles. The van der Waals surface area contributed by atoms with Gasteiger partial charge in [0.05, 0.1) is 12.2 Å². The number of fused-ring (bicyclic) bond motifs is 1. The van der Waals surface area contributed by atoms with Crippen LogP contribution >= 0.6 is 0 Å². The Kier molecular flexibility index (Phi) is 2.78. The molecule has 1 saturated carbocycles. The third-order valence-corrected chi connectivity index (χ3v) is 3.86. The van der Waals surface area contributed by atoms with Crippen molar-refractivity contribution in [3.63, 3.8) is 0 Å². The van der Waals surface area contributed by atoms with Gasteiger partial charge in [0, 0.05) is 11.6 Å². The van der Waals surface area contributed by atoms with Gasteiger partial charge in [-0.15, -0.1) is 0 Å². The molecule has 0 radical (unpaired) electrons. The molecule has 2 aromatic rings. The summed E-state index contributed by atoms with van der Waals surface area (Å²) in [5.41, 5.74) is 2.03. The van der Waals surface area contributed by atoms with Crippen LogP contribution in [0.15, 0.2) is 30.3 Å². The van der Waals surface area contributed by atoms with Crippen LogP contribution in [0.1, 0.15) is 29.5 Å². The van der Waals surface area contributed by atoms with Crippen LogP contribution in [0.2, 0.25) is 0 Å². The molecule has 1 aliphatic heterocycles. The van der Waals surface area contributed by atoms with E-state index in [4.69, 9.17) is 0 Å². The van der Waals surface area contributed by atoms with E-state index in [1.54, 1.807) is 22.9 Å². The first kappa shape index (κ1) is 12.5. The Hall–Kier alpha value is -2.21. The van der Waals surface area contributed by atoms with Crippen LogP contribution in [-0.2, 0) is 0 Å². The SMILES string of the molecule is O=C1NC[C@H](NC2CC2)n2nc(-c3ccc(F)cc3)cc21. The highest BCUT2D eigenvalue weighted by Gasteiger charge is 2.31. The molecule has 108 valence electrons. The van der Waals surface area contributed by atoms with Gasteiger partial charge in [-0.25, -0.2) is 9.07 Å². The van der Waals surface area contributed by atoms with Crippen LogP contribution in [0.5, 0.6) is 0 Å². The molecule has 0 unspecified atom stereocenters. The van der Waals surface area contributed by atoms with E-state index in [2.05, 4.69) is 15.7 Å². The Bertz CT molecular complexity index is 690. The van der Waals surface area contributed by atoms with Gasteiger partial charge in [0.2, 0.25) is 0 Å². The number of aromatic nitrogens is 2. The maximum Gasteiger partial charge on any atom is 0.269 e. The minimum atomic E-state index is -0.284. The largest absolute Gasteiger partial charge is 0.347 e. The predicted molar refractivity (Wildman–Crippen MR) is 75.1 cm³/mol. The molecule has 1 atom stereocenters. The predicted octanol–water partition coefficient (Wildman–Crippen LogP) is 1.68. The third kappa shape index (κ3) is 2.31. The minimum Gasteiger partial charge on any atom is -0.347 e. The molecule has 2 N–H and O–H groups in total. The zero-order valence-electron chi connectivity index (χ0n) is 11.3. The number of amides is 1. The van der Waals surface area contributed by atoms with E-state index < -0.39 is 0 Å². The Morgan fingerprint density at radius 2 is 2.05 bits per heavy atom. The van der Waals surface area contributed by atoms with Crippen LogP contribution in [0.25, 0.3) is 11.3 Å². The molecule has 21 heavy (non-hydrogen) atoms. The molecular formula is C15H15FN4O. The van der Waals surface area contributed by atoms with Gasteiger partial charge in [0.15, 0.2) is 0 Å². The van der Waals surface area contributed by atoms with E-state index in [-0.39, 0.29) is 17.9 Å². The third-order valence-electron chi connectivity index (χ3n) is 3.86. The van der Waals surface area contributed by atoms with Gasteiger partial charge in [-0.1, -0.05) is 0 Å². The number of hydrogen-bond acceptors (Lipinski definition) is 3. The molecule has 2 heterocycles. The van der Waals surface area contributed by atoms with Crippen molar-refractivity contribution in [3.05, 3.63) is 41.8 Å². The Labute approximate surface area is 121 Å². The highest BCUT2D eigenvalue weighted by Crippen LogP contribution is 2.26. The summed E-state index contributed by atoms with van der Waals surface area (Å²) < 4.78 is 14.7. The van der Waals surface area contributed by atoms with Crippen molar-refractivity contribution >= 4 is 5.91 Å². The molecular weight excluding hydrogens is 271 g/mol.